The maximum atomic E-state index is 5.71. The van der Waals surface area contributed by atoms with Crippen LogP contribution < -0.4 is 10.1 Å². The van der Waals surface area contributed by atoms with E-state index in [1.54, 1.807) is 11.3 Å². The molecule has 1 atom stereocenters. The highest BCUT2D eigenvalue weighted by atomic mass is 79.9. The lowest BCUT2D eigenvalue weighted by atomic mass is 10.0. The fourth-order valence-electron chi connectivity index (χ4n) is 2.10. The zero-order valence-electron chi connectivity index (χ0n) is 11.9. The zero-order chi connectivity index (χ0) is 14.4. The molecular formula is C16H20BrNOS. The Morgan fingerprint density at radius 3 is 2.70 bits per heavy atom. The van der Waals surface area contributed by atoms with Gasteiger partial charge in [0.15, 0.2) is 0 Å². The Morgan fingerprint density at radius 2 is 2.10 bits per heavy atom. The number of thiophene rings is 1. The molecule has 20 heavy (non-hydrogen) atoms. The van der Waals surface area contributed by atoms with Crippen LogP contribution in [0.15, 0.2) is 39.5 Å². The molecule has 0 aliphatic heterocycles. The molecule has 0 radical (unpaired) electrons. The Hall–Kier alpha value is -0.840. The topological polar surface area (TPSA) is 21.3 Å². The van der Waals surface area contributed by atoms with E-state index in [2.05, 4.69) is 64.1 Å². The summed E-state index contributed by atoms with van der Waals surface area (Å²) in [6, 6.07) is 8.75. The van der Waals surface area contributed by atoms with E-state index < -0.39 is 0 Å². The van der Waals surface area contributed by atoms with Crippen LogP contribution >= 0.6 is 27.3 Å². The fraction of sp³-hybridized carbons (Fsp3) is 0.375. The molecule has 0 fully saturated rings. The molecule has 108 valence electrons. The van der Waals surface area contributed by atoms with Crippen molar-refractivity contribution in [2.24, 2.45) is 0 Å². The smallest absolute Gasteiger partial charge is 0.133 e. The molecule has 1 aromatic heterocycles. The summed E-state index contributed by atoms with van der Waals surface area (Å²) < 4.78 is 6.72. The molecule has 1 heterocycles. The minimum absolute atomic E-state index is 0.239. The summed E-state index contributed by atoms with van der Waals surface area (Å²) in [7, 11) is 0. The van der Waals surface area contributed by atoms with Crippen molar-refractivity contribution in [3.8, 4) is 5.75 Å². The van der Waals surface area contributed by atoms with Crippen molar-refractivity contribution in [3.05, 3.63) is 50.6 Å². The van der Waals surface area contributed by atoms with Crippen LogP contribution in [0.3, 0.4) is 0 Å². The van der Waals surface area contributed by atoms with E-state index in [4.69, 9.17) is 4.74 Å². The average molecular weight is 354 g/mol. The first kappa shape index (κ1) is 15.5. The van der Waals surface area contributed by atoms with Gasteiger partial charge in [0.1, 0.15) is 5.75 Å². The van der Waals surface area contributed by atoms with Gasteiger partial charge in [0.2, 0.25) is 0 Å². The number of benzene rings is 1. The Balaban J connectivity index is 2.23. The summed E-state index contributed by atoms with van der Waals surface area (Å²) in [6.45, 7) is 5.93. The molecule has 1 aromatic carbocycles. The fourth-order valence-corrected chi connectivity index (χ4v) is 3.29. The predicted octanol–water partition coefficient (Wildman–Crippen LogP) is 5.00. The van der Waals surface area contributed by atoms with E-state index >= 15 is 0 Å². The number of nitrogens with one attached hydrogen (secondary N) is 1. The first-order chi connectivity index (χ1) is 9.76. The zero-order valence-corrected chi connectivity index (χ0v) is 14.3. The van der Waals surface area contributed by atoms with Crippen molar-refractivity contribution in [1.29, 1.82) is 0 Å². The van der Waals surface area contributed by atoms with Crippen LogP contribution in [-0.4, -0.2) is 13.2 Å². The Bertz CT molecular complexity index is 527. The number of halogens is 1. The lowest BCUT2D eigenvalue weighted by Gasteiger charge is -2.18. The van der Waals surface area contributed by atoms with Gasteiger partial charge in [-0.25, -0.2) is 0 Å². The number of ether oxygens (including phenoxy) is 1. The molecule has 2 aromatic rings. The third-order valence-corrected chi connectivity index (χ3v) is 4.36. The third-order valence-electron chi connectivity index (χ3n) is 3.04. The van der Waals surface area contributed by atoms with Gasteiger partial charge in [0, 0.05) is 0 Å². The second-order valence-corrected chi connectivity index (χ2v) is 6.22. The lowest BCUT2D eigenvalue weighted by Crippen LogP contribution is -2.21. The molecule has 2 nitrogen and oxygen atoms in total. The van der Waals surface area contributed by atoms with E-state index in [-0.39, 0.29) is 6.04 Å². The highest BCUT2D eigenvalue weighted by molar-refractivity contribution is 9.10. The molecule has 0 saturated carbocycles. The van der Waals surface area contributed by atoms with Crippen molar-refractivity contribution >= 4 is 27.3 Å². The summed E-state index contributed by atoms with van der Waals surface area (Å²) >= 11 is 5.34. The highest BCUT2D eigenvalue weighted by Gasteiger charge is 2.15. The second-order valence-electron chi connectivity index (χ2n) is 4.59. The molecule has 1 unspecified atom stereocenters. The molecule has 1 N–H and O–H groups in total. The molecular weight excluding hydrogens is 334 g/mol. The normalized spacial score (nSPS) is 12.3. The minimum atomic E-state index is 0.239. The van der Waals surface area contributed by atoms with Crippen molar-refractivity contribution in [2.75, 3.05) is 13.2 Å². The molecule has 0 aliphatic carbocycles. The number of rotatable bonds is 7. The largest absolute Gasteiger partial charge is 0.492 e. The van der Waals surface area contributed by atoms with Gasteiger partial charge in [-0.3, -0.25) is 0 Å². The van der Waals surface area contributed by atoms with Crippen LogP contribution in [0.4, 0.5) is 0 Å². The molecule has 0 amide bonds. The van der Waals surface area contributed by atoms with Crippen LogP contribution in [0, 0.1) is 0 Å². The van der Waals surface area contributed by atoms with Gasteiger partial charge in [-0.05, 0) is 69.0 Å². The van der Waals surface area contributed by atoms with E-state index in [1.165, 1.54) is 11.1 Å². The molecule has 0 spiro atoms. The minimum Gasteiger partial charge on any atom is -0.492 e. The Morgan fingerprint density at radius 1 is 1.25 bits per heavy atom. The van der Waals surface area contributed by atoms with E-state index in [9.17, 15) is 0 Å². The standard InChI is InChI=1S/C16H20BrNOS/c1-3-8-19-15-6-5-12(10-14(15)17)16(18-4-2)13-7-9-20-11-13/h5-7,9-11,16,18H,3-4,8H2,1-2H3. The summed E-state index contributed by atoms with van der Waals surface area (Å²) in [5, 5.41) is 7.85. The number of hydrogen-bond acceptors (Lipinski definition) is 3. The molecule has 0 bridgehead atoms. The maximum Gasteiger partial charge on any atom is 0.133 e. The van der Waals surface area contributed by atoms with Crippen molar-refractivity contribution in [3.63, 3.8) is 0 Å². The van der Waals surface area contributed by atoms with Gasteiger partial charge in [-0.15, -0.1) is 0 Å². The van der Waals surface area contributed by atoms with Crippen LogP contribution in [0.25, 0.3) is 0 Å². The van der Waals surface area contributed by atoms with E-state index in [0.717, 1.165) is 29.8 Å². The molecule has 0 saturated heterocycles. The number of hydrogen-bond donors (Lipinski definition) is 1. The predicted molar refractivity (Wildman–Crippen MR) is 89.8 cm³/mol. The lowest BCUT2D eigenvalue weighted by molar-refractivity contribution is 0.315. The first-order valence-electron chi connectivity index (χ1n) is 6.94. The van der Waals surface area contributed by atoms with Crippen LogP contribution in [-0.2, 0) is 0 Å². The van der Waals surface area contributed by atoms with Crippen LogP contribution in [0.2, 0.25) is 0 Å². The average Bonchev–Trinajstić information content (AvgIpc) is 2.97. The third kappa shape index (κ3) is 3.84. The van der Waals surface area contributed by atoms with Crippen molar-refractivity contribution < 1.29 is 4.74 Å². The highest BCUT2D eigenvalue weighted by Crippen LogP contribution is 2.31. The molecule has 4 heteroatoms. The van der Waals surface area contributed by atoms with Gasteiger partial charge in [-0.2, -0.15) is 11.3 Å². The van der Waals surface area contributed by atoms with E-state index in [0.29, 0.717) is 0 Å². The quantitative estimate of drug-likeness (QED) is 0.756. The summed E-state index contributed by atoms with van der Waals surface area (Å²) in [4.78, 5) is 0. The Kier molecular flexibility index (Phi) is 6.07. The summed E-state index contributed by atoms with van der Waals surface area (Å²) in [6.07, 6.45) is 1.02. The van der Waals surface area contributed by atoms with Gasteiger partial charge in [0.05, 0.1) is 17.1 Å². The second kappa shape index (κ2) is 7.81. The molecule has 0 aliphatic rings. The van der Waals surface area contributed by atoms with Crippen LogP contribution in [0.1, 0.15) is 37.4 Å². The SMILES string of the molecule is CCCOc1ccc(C(NCC)c2ccsc2)cc1Br. The van der Waals surface area contributed by atoms with Crippen molar-refractivity contribution in [2.45, 2.75) is 26.3 Å². The summed E-state index contributed by atoms with van der Waals surface area (Å²) in [5.41, 5.74) is 2.56. The Labute approximate surface area is 133 Å². The first-order valence-corrected chi connectivity index (χ1v) is 8.67. The van der Waals surface area contributed by atoms with Gasteiger partial charge in [-0.1, -0.05) is 19.9 Å². The van der Waals surface area contributed by atoms with Crippen LogP contribution in [0.5, 0.6) is 5.75 Å². The van der Waals surface area contributed by atoms with Crippen molar-refractivity contribution in [1.82, 2.24) is 5.32 Å². The van der Waals surface area contributed by atoms with Gasteiger partial charge < -0.3 is 10.1 Å². The molecule has 2 rings (SSSR count). The monoisotopic (exact) mass is 353 g/mol. The van der Waals surface area contributed by atoms with E-state index in [1.807, 2.05) is 6.07 Å². The summed E-state index contributed by atoms with van der Waals surface area (Å²) in [5.74, 6) is 0.913. The van der Waals surface area contributed by atoms with Gasteiger partial charge >= 0.3 is 0 Å². The maximum absolute atomic E-state index is 5.71. The van der Waals surface area contributed by atoms with Gasteiger partial charge in [0.25, 0.3) is 0 Å².